The van der Waals surface area contributed by atoms with E-state index in [0.29, 0.717) is 23.0 Å². The van der Waals surface area contributed by atoms with E-state index in [1.807, 2.05) is 6.07 Å². The molecule has 1 saturated heterocycles. The third-order valence-corrected chi connectivity index (χ3v) is 4.82. The van der Waals surface area contributed by atoms with Gasteiger partial charge in [-0.1, -0.05) is 11.6 Å². The van der Waals surface area contributed by atoms with Gasteiger partial charge in [-0.25, -0.2) is 0 Å². The molecule has 3 aliphatic rings. The summed E-state index contributed by atoms with van der Waals surface area (Å²) in [4.78, 5) is 4.14. The Balaban J connectivity index is 1.72. The van der Waals surface area contributed by atoms with Gasteiger partial charge >= 0.3 is 0 Å². The average Bonchev–Trinajstić information content (AvgIpc) is 2.71. The Kier molecular flexibility index (Phi) is 2.97. The maximum atomic E-state index is 6.17. The number of rotatable bonds is 2. The molecule has 0 amide bonds. The highest BCUT2D eigenvalue weighted by molar-refractivity contribution is 6.44. The summed E-state index contributed by atoms with van der Waals surface area (Å²) in [7, 11) is 0. The van der Waals surface area contributed by atoms with Gasteiger partial charge in [-0.15, -0.1) is 0 Å². The van der Waals surface area contributed by atoms with E-state index in [-0.39, 0.29) is 0 Å². The molecule has 1 saturated carbocycles. The zero-order chi connectivity index (χ0) is 13.5. The number of ether oxygens (including phenoxy) is 1. The molecule has 2 aliphatic heterocycles. The minimum Gasteiger partial charge on any atom is -0.381 e. The molecule has 6 heteroatoms. The highest BCUT2D eigenvalue weighted by Crippen LogP contribution is 2.35. The normalized spacial score (nSPS) is 31.4. The van der Waals surface area contributed by atoms with E-state index in [4.69, 9.17) is 16.3 Å². The minimum atomic E-state index is 0.478. The molecule has 106 valence electrons. The van der Waals surface area contributed by atoms with Crippen LogP contribution in [-0.2, 0) is 4.74 Å². The summed E-state index contributed by atoms with van der Waals surface area (Å²) in [5, 5.41) is 6.23. The predicted molar refractivity (Wildman–Crippen MR) is 76.4 cm³/mol. The standard InChI is InChI=1S/C14H17ClN4O/c15-13-11-5-16-4-3-10(11)14(19-18-13)17-12-8-1-2-9(12)7-20-6-8/h3-5,8-9,12,17-19H,1-2,6-7H2/t8-,9?,12?/m1/s1. The second kappa shape index (κ2) is 4.82. The molecule has 2 unspecified atom stereocenters. The number of pyridine rings is 1. The minimum absolute atomic E-state index is 0.478. The van der Waals surface area contributed by atoms with Crippen LogP contribution in [0.4, 0.5) is 0 Å². The van der Waals surface area contributed by atoms with Crippen molar-refractivity contribution in [2.45, 2.75) is 18.9 Å². The van der Waals surface area contributed by atoms with Gasteiger partial charge in [0.05, 0.1) is 13.2 Å². The van der Waals surface area contributed by atoms with Crippen molar-refractivity contribution in [3.05, 3.63) is 28.9 Å². The maximum Gasteiger partial charge on any atom is 0.130 e. The van der Waals surface area contributed by atoms with E-state index < -0.39 is 0 Å². The molecule has 3 heterocycles. The van der Waals surface area contributed by atoms with Crippen molar-refractivity contribution in [1.29, 1.82) is 0 Å². The third-order valence-electron chi connectivity index (χ3n) is 4.52. The zero-order valence-corrected chi connectivity index (χ0v) is 11.8. The van der Waals surface area contributed by atoms with Crippen LogP contribution in [0.1, 0.15) is 12.8 Å². The molecule has 2 bridgehead atoms. The van der Waals surface area contributed by atoms with Crippen LogP contribution in [0.15, 0.2) is 18.5 Å². The fourth-order valence-electron chi connectivity index (χ4n) is 3.47. The van der Waals surface area contributed by atoms with Gasteiger partial charge < -0.3 is 10.1 Å². The molecule has 1 aromatic rings. The molecule has 5 nitrogen and oxygen atoms in total. The molecule has 0 aromatic carbocycles. The fourth-order valence-corrected chi connectivity index (χ4v) is 3.67. The second-order valence-electron chi connectivity index (χ2n) is 5.67. The lowest BCUT2D eigenvalue weighted by Gasteiger charge is -2.33. The van der Waals surface area contributed by atoms with Crippen LogP contribution in [0.25, 0.3) is 11.0 Å². The number of hydrogen-bond donors (Lipinski definition) is 3. The van der Waals surface area contributed by atoms with Gasteiger partial charge in [0, 0.05) is 40.7 Å². The summed E-state index contributed by atoms with van der Waals surface area (Å²) >= 11 is 6.17. The molecular formula is C14H17ClN4O. The summed E-state index contributed by atoms with van der Waals surface area (Å²) in [6.07, 6.45) is 6.07. The van der Waals surface area contributed by atoms with Crippen LogP contribution in [0, 0.1) is 11.8 Å². The monoisotopic (exact) mass is 292 g/mol. The van der Waals surface area contributed by atoms with Crippen molar-refractivity contribution in [3.63, 3.8) is 0 Å². The van der Waals surface area contributed by atoms with E-state index in [0.717, 1.165) is 29.5 Å². The summed E-state index contributed by atoms with van der Waals surface area (Å²) in [5.74, 6) is 2.19. The number of aromatic nitrogens is 1. The summed E-state index contributed by atoms with van der Waals surface area (Å²) < 4.78 is 5.64. The first-order valence-electron chi connectivity index (χ1n) is 7.03. The lowest BCUT2D eigenvalue weighted by molar-refractivity contribution is 0.0276. The molecule has 3 atom stereocenters. The SMILES string of the molecule is ClC1=c2cnccc2=C(NC2C3CC[C@@H]2COC3)NN1. The lowest BCUT2D eigenvalue weighted by Crippen LogP contribution is -2.54. The van der Waals surface area contributed by atoms with Crippen LogP contribution in [0.5, 0.6) is 0 Å². The van der Waals surface area contributed by atoms with Crippen molar-refractivity contribution in [2.75, 3.05) is 13.2 Å². The predicted octanol–water partition coefficient (Wildman–Crippen LogP) is -0.426. The Morgan fingerprint density at radius 2 is 2.00 bits per heavy atom. The fraction of sp³-hybridized carbons (Fsp3) is 0.500. The van der Waals surface area contributed by atoms with Crippen molar-refractivity contribution in [1.82, 2.24) is 21.2 Å². The van der Waals surface area contributed by atoms with Crippen LogP contribution in [-0.4, -0.2) is 24.2 Å². The Bertz CT molecular complexity index is 631. The molecule has 0 spiro atoms. The van der Waals surface area contributed by atoms with Crippen molar-refractivity contribution in [2.24, 2.45) is 11.8 Å². The van der Waals surface area contributed by atoms with E-state index in [1.54, 1.807) is 12.4 Å². The summed E-state index contributed by atoms with van der Waals surface area (Å²) in [6, 6.07) is 2.46. The van der Waals surface area contributed by atoms with Gasteiger partial charge in [0.15, 0.2) is 0 Å². The molecule has 1 aliphatic carbocycles. The van der Waals surface area contributed by atoms with Gasteiger partial charge in [0.1, 0.15) is 11.0 Å². The molecule has 4 rings (SSSR count). The Morgan fingerprint density at radius 3 is 2.80 bits per heavy atom. The lowest BCUT2D eigenvalue weighted by atomic mass is 9.96. The first kappa shape index (κ1) is 12.3. The largest absolute Gasteiger partial charge is 0.381 e. The highest BCUT2D eigenvalue weighted by atomic mass is 35.5. The van der Waals surface area contributed by atoms with Crippen LogP contribution in [0.2, 0.25) is 0 Å². The Morgan fingerprint density at radius 1 is 1.20 bits per heavy atom. The van der Waals surface area contributed by atoms with Crippen LogP contribution in [0.3, 0.4) is 0 Å². The molecule has 1 aromatic heterocycles. The van der Waals surface area contributed by atoms with Gasteiger partial charge in [0.2, 0.25) is 0 Å². The van der Waals surface area contributed by atoms with E-state index >= 15 is 0 Å². The number of halogens is 1. The topological polar surface area (TPSA) is 58.2 Å². The number of hydrazine groups is 1. The van der Waals surface area contributed by atoms with E-state index in [9.17, 15) is 0 Å². The van der Waals surface area contributed by atoms with Crippen LogP contribution < -0.4 is 26.6 Å². The smallest absolute Gasteiger partial charge is 0.130 e. The first-order valence-corrected chi connectivity index (χ1v) is 7.41. The van der Waals surface area contributed by atoms with Gasteiger partial charge in [-0.05, 0) is 18.9 Å². The third kappa shape index (κ3) is 1.93. The average molecular weight is 293 g/mol. The molecular weight excluding hydrogens is 276 g/mol. The van der Waals surface area contributed by atoms with Crippen LogP contribution >= 0.6 is 11.6 Å². The molecule has 0 radical (unpaired) electrons. The highest BCUT2D eigenvalue weighted by Gasteiger charge is 2.40. The van der Waals surface area contributed by atoms with E-state index in [1.165, 1.54) is 12.8 Å². The Labute approximate surface area is 122 Å². The van der Waals surface area contributed by atoms with Crippen molar-refractivity contribution < 1.29 is 4.74 Å². The van der Waals surface area contributed by atoms with Gasteiger partial charge in [-0.2, -0.15) is 0 Å². The first-order chi connectivity index (χ1) is 9.83. The molecule has 20 heavy (non-hydrogen) atoms. The summed E-state index contributed by atoms with van der Waals surface area (Å²) in [5.41, 5.74) is 6.15. The van der Waals surface area contributed by atoms with E-state index in [2.05, 4.69) is 21.2 Å². The quantitative estimate of drug-likeness (QED) is 0.646. The van der Waals surface area contributed by atoms with Gasteiger partial charge in [0.25, 0.3) is 0 Å². The number of fused-ring (bicyclic) bond motifs is 3. The number of hydrogen-bond acceptors (Lipinski definition) is 5. The maximum absolute atomic E-state index is 6.17. The summed E-state index contributed by atoms with van der Waals surface area (Å²) in [6.45, 7) is 1.73. The van der Waals surface area contributed by atoms with Gasteiger partial charge in [-0.3, -0.25) is 15.8 Å². The zero-order valence-electron chi connectivity index (χ0n) is 11.0. The number of nitrogens with one attached hydrogen (secondary N) is 3. The molecule has 3 N–H and O–H groups in total. The molecule has 2 fully saturated rings. The number of nitrogens with zero attached hydrogens (tertiary/aromatic N) is 1. The Hall–Kier alpha value is -1.46. The van der Waals surface area contributed by atoms with Crippen molar-refractivity contribution >= 4 is 22.6 Å². The van der Waals surface area contributed by atoms with Crippen molar-refractivity contribution in [3.8, 4) is 0 Å². The second-order valence-corrected chi connectivity index (χ2v) is 6.04.